The summed E-state index contributed by atoms with van der Waals surface area (Å²) in [7, 11) is -3.32. The molecule has 0 aromatic carbocycles. The maximum absolute atomic E-state index is 10.6. The normalized spacial score (nSPS) is 23.7. The summed E-state index contributed by atoms with van der Waals surface area (Å²) < 4.78 is 23.0. The maximum Gasteiger partial charge on any atom is 0.589 e. The van der Waals surface area contributed by atoms with E-state index in [-0.39, 0.29) is 0 Å². The van der Waals surface area contributed by atoms with Gasteiger partial charge in [0.25, 0.3) is 0 Å². The van der Waals surface area contributed by atoms with Crippen molar-refractivity contribution in [2.45, 2.75) is 6.92 Å². The molecule has 0 spiro atoms. The molecule has 0 radical (unpaired) electrons. The molecule has 0 atom stereocenters. The zero-order chi connectivity index (χ0) is 6.74. The van der Waals surface area contributed by atoms with Gasteiger partial charge in [-0.1, -0.05) is 15.4 Å². The predicted molar refractivity (Wildman–Crippen MR) is 26.8 cm³/mol. The van der Waals surface area contributed by atoms with Crippen molar-refractivity contribution in [3.8, 4) is 0 Å². The van der Waals surface area contributed by atoms with Crippen LogP contribution in [0.1, 0.15) is 6.92 Å². The Kier molecular flexibility index (Phi) is 1.87. The van der Waals surface area contributed by atoms with Crippen LogP contribution >= 0.6 is 7.82 Å². The van der Waals surface area contributed by atoms with Gasteiger partial charge >= 0.3 is 7.82 Å². The van der Waals surface area contributed by atoms with Gasteiger partial charge in [0.1, 0.15) is 0 Å². The molecule has 0 amide bonds. The van der Waals surface area contributed by atoms with Gasteiger partial charge < -0.3 is 4.52 Å². The van der Waals surface area contributed by atoms with Crippen LogP contribution in [0.3, 0.4) is 0 Å². The second-order valence-corrected chi connectivity index (χ2v) is 2.64. The van der Waals surface area contributed by atoms with E-state index in [0.29, 0.717) is 0 Å². The fourth-order valence-electron chi connectivity index (χ4n) is 0.251. The van der Waals surface area contributed by atoms with Gasteiger partial charge in [0.2, 0.25) is 0 Å². The Morgan fingerprint density at radius 3 is 2.56 bits per heavy atom. The number of allylic oxidation sites excluding steroid dienone is 1. The number of rotatable bonds is 2. The molecule has 0 aromatic heterocycles. The Hall–Kier alpha value is -0.350. The molecule has 1 rings (SSSR count). The first kappa shape index (κ1) is 6.77. The van der Waals surface area contributed by atoms with Crippen molar-refractivity contribution in [2.75, 3.05) is 0 Å². The van der Waals surface area contributed by atoms with Crippen LogP contribution < -0.4 is 0 Å². The second kappa shape index (κ2) is 2.49. The molecule has 52 valence electrons. The van der Waals surface area contributed by atoms with E-state index in [1.54, 1.807) is 13.0 Å². The first-order chi connectivity index (χ1) is 4.27. The summed E-state index contributed by atoms with van der Waals surface area (Å²) in [5, 5.41) is 3.71. The van der Waals surface area contributed by atoms with Crippen LogP contribution in [0, 0.1) is 0 Å². The molecule has 0 bridgehead atoms. The summed E-state index contributed by atoms with van der Waals surface area (Å²) >= 11 is 0. The molecule has 0 aliphatic carbocycles. The lowest BCUT2D eigenvalue weighted by Gasteiger charge is -2.18. The third-order valence-corrected chi connectivity index (χ3v) is 1.44. The molecule has 1 aliphatic rings. The highest BCUT2D eigenvalue weighted by atomic mass is 31.2. The van der Waals surface area contributed by atoms with Crippen LogP contribution in [0.4, 0.5) is 0 Å². The van der Waals surface area contributed by atoms with Gasteiger partial charge in [0.15, 0.2) is 0 Å². The lowest BCUT2D eigenvalue weighted by atomic mass is 10.8. The molecule has 0 aromatic rings. The first-order valence-corrected chi connectivity index (χ1v) is 3.67. The highest BCUT2D eigenvalue weighted by Crippen LogP contribution is 2.57. The number of phosphoric acid groups is 1. The van der Waals surface area contributed by atoms with Crippen molar-refractivity contribution in [1.29, 1.82) is 0 Å². The van der Waals surface area contributed by atoms with Crippen LogP contribution in [0.2, 0.25) is 0 Å². The van der Waals surface area contributed by atoms with Crippen LogP contribution in [-0.4, -0.2) is 0 Å². The minimum absolute atomic E-state index is 1.20. The molecule has 9 heavy (non-hydrogen) atoms. The zero-order valence-electron chi connectivity index (χ0n) is 4.64. The Morgan fingerprint density at radius 2 is 2.22 bits per heavy atom. The van der Waals surface area contributed by atoms with Crippen LogP contribution in [0.5, 0.6) is 0 Å². The molecule has 1 saturated heterocycles. The number of hydrogen-bond acceptors (Lipinski definition) is 5. The molecule has 5 nitrogen and oxygen atoms in total. The third-order valence-electron chi connectivity index (χ3n) is 0.569. The van der Waals surface area contributed by atoms with Crippen LogP contribution in [-0.2, 0) is 23.5 Å². The quantitative estimate of drug-likeness (QED) is 0.341. The average molecular weight is 152 g/mol. The summed E-state index contributed by atoms with van der Waals surface area (Å²) in [5.74, 6) is 0. The van der Waals surface area contributed by atoms with E-state index >= 15 is 0 Å². The average Bonchev–Trinajstić information content (AvgIpc) is 1.79. The number of hydrogen-bond donors (Lipinski definition) is 0. The summed E-state index contributed by atoms with van der Waals surface area (Å²) in [6.45, 7) is 1.70. The van der Waals surface area contributed by atoms with E-state index in [1.165, 1.54) is 6.26 Å². The monoisotopic (exact) mass is 152 g/mol. The fraction of sp³-hybridized carbons (Fsp3) is 0.333. The van der Waals surface area contributed by atoms with Gasteiger partial charge in [-0.3, -0.25) is 0 Å². The minimum Gasteiger partial charge on any atom is -0.409 e. The van der Waals surface area contributed by atoms with Crippen LogP contribution in [0.25, 0.3) is 0 Å². The van der Waals surface area contributed by atoms with Gasteiger partial charge in [0.05, 0.1) is 6.26 Å². The summed E-state index contributed by atoms with van der Waals surface area (Å²) in [6.07, 6.45) is 2.74. The minimum atomic E-state index is -3.32. The molecule has 0 saturated carbocycles. The summed E-state index contributed by atoms with van der Waals surface area (Å²) in [4.78, 5) is 0. The summed E-state index contributed by atoms with van der Waals surface area (Å²) in [5.41, 5.74) is 0. The molecule has 1 heterocycles. The molecule has 1 aliphatic heterocycles. The SMILES string of the molecule is C/C=C\OP1(=O)OOO1. The van der Waals surface area contributed by atoms with Crippen molar-refractivity contribution >= 4 is 7.82 Å². The van der Waals surface area contributed by atoms with Crippen molar-refractivity contribution in [3.63, 3.8) is 0 Å². The van der Waals surface area contributed by atoms with E-state index in [4.69, 9.17) is 0 Å². The largest absolute Gasteiger partial charge is 0.589 e. The Labute approximate surface area is 51.6 Å². The first-order valence-electron chi connectivity index (χ1n) is 2.21. The van der Waals surface area contributed by atoms with Crippen molar-refractivity contribution in [3.05, 3.63) is 12.3 Å². The van der Waals surface area contributed by atoms with Crippen molar-refractivity contribution in [2.24, 2.45) is 0 Å². The molecule has 0 unspecified atom stereocenters. The smallest absolute Gasteiger partial charge is 0.409 e. The van der Waals surface area contributed by atoms with E-state index in [1.807, 2.05) is 0 Å². The van der Waals surface area contributed by atoms with Gasteiger partial charge in [-0.2, -0.15) is 0 Å². The van der Waals surface area contributed by atoms with Gasteiger partial charge in [0, 0.05) is 0 Å². The summed E-state index contributed by atoms with van der Waals surface area (Å²) in [6, 6.07) is 0. The van der Waals surface area contributed by atoms with Gasteiger partial charge in [-0.25, -0.2) is 4.57 Å². The van der Waals surface area contributed by atoms with Crippen molar-refractivity contribution in [1.82, 2.24) is 0 Å². The predicted octanol–water partition coefficient (Wildman–Crippen LogP) is 1.54. The van der Waals surface area contributed by atoms with E-state index < -0.39 is 7.82 Å². The molecule has 1 fully saturated rings. The van der Waals surface area contributed by atoms with Gasteiger partial charge in [-0.05, 0) is 12.0 Å². The zero-order valence-corrected chi connectivity index (χ0v) is 5.54. The Morgan fingerprint density at radius 1 is 1.56 bits per heavy atom. The molecule has 0 N–H and O–H groups in total. The Balaban J connectivity index is 2.34. The molecule has 6 heteroatoms. The van der Waals surface area contributed by atoms with E-state index in [2.05, 4.69) is 18.9 Å². The van der Waals surface area contributed by atoms with Gasteiger partial charge in [-0.15, -0.1) is 0 Å². The van der Waals surface area contributed by atoms with E-state index in [0.717, 1.165) is 0 Å². The highest BCUT2D eigenvalue weighted by molar-refractivity contribution is 7.49. The standard InChI is InChI=1S/C3H5O5P/c1-2-3-5-9(4)7-6-8-9/h2-3H,1H3/b3-2-. The van der Waals surface area contributed by atoms with E-state index in [9.17, 15) is 4.57 Å². The fourth-order valence-corrected chi connectivity index (χ4v) is 0.752. The maximum atomic E-state index is 10.6. The van der Waals surface area contributed by atoms with Crippen molar-refractivity contribution < 1.29 is 23.5 Å². The topological polar surface area (TPSA) is 54.0 Å². The Bertz CT molecular complexity index is 156. The lowest BCUT2D eigenvalue weighted by Crippen LogP contribution is -2.07. The molecular formula is C3H5O5P. The second-order valence-electron chi connectivity index (χ2n) is 1.24. The third kappa shape index (κ3) is 1.53. The molecular weight excluding hydrogens is 147 g/mol. The highest BCUT2D eigenvalue weighted by Gasteiger charge is 2.41. The van der Waals surface area contributed by atoms with Crippen LogP contribution in [0.15, 0.2) is 12.3 Å². The lowest BCUT2D eigenvalue weighted by molar-refractivity contribution is -0.498.